The lowest BCUT2D eigenvalue weighted by atomic mass is 10.2. The lowest BCUT2D eigenvalue weighted by Crippen LogP contribution is -2.17. The number of amides is 1. The van der Waals surface area contributed by atoms with Crippen molar-refractivity contribution in [3.8, 4) is 5.75 Å². The first-order valence-electron chi connectivity index (χ1n) is 5.83. The highest BCUT2D eigenvalue weighted by atomic mass is 127. The maximum Gasteiger partial charge on any atom is 0.271 e. The van der Waals surface area contributed by atoms with E-state index in [1.54, 1.807) is 36.8 Å². The summed E-state index contributed by atoms with van der Waals surface area (Å²) in [6, 6.07) is 7.29. The quantitative estimate of drug-likeness (QED) is 0.486. The minimum Gasteiger partial charge on any atom is -0.496 e. The van der Waals surface area contributed by atoms with Gasteiger partial charge in [-0.15, -0.1) is 11.3 Å². The van der Waals surface area contributed by atoms with E-state index in [1.807, 2.05) is 24.4 Å². The molecule has 1 N–H and O–H groups in total. The van der Waals surface area contributed by atoms with Crippen LogP contribution in [-0.4, -0.2) is 19.2 Å². The van der Waals surface area contributed by atoms with Gasteiger partial charge in [0.1, 0.15) is 5.75 Å². The number of hydrogen-bond acceptors (Lipinski definition) is 4. The van der Waals surface area contributed by atoms with E-state index in [0.717, 1.165) is 14.0 Å². The molecule has 0 fully saturated rings. The Kier molecular flexibility index (Phi) is 5.13. The van der Waals surface area contributed by atoms with Gasteiger partial charge in [0.05, 0.1) is 16.9 Å². The molecule has 20 heavy (non-hydrogen) atoms. The van der Waals surface area contributed by atoms with Gasteiger partial charge in [0.25, 0.3) is 5.91 Å². The van der Waals surface area contributed by atoms with E-state index in [2.05, 4.69) is 33.1 Å². The Morgan fingerprint density at radius 1 is 1.45 bits per heavy atom. The Morgan fingerprint density at radius 3 is 2.90 bits per heavy atom. The van der Waals surface area contributed by atoms with Gasteiger partial charge in [-0.1, -0.05) is 0 Å². The molecule has 2 aromatic rings. The van der Waals surface area contributed by atoms with Crippen molar-refractivity contribution in [3.63, 3.8) is 0 Å². The summed E-state index contributed by atoms with van der Waals surface area (Å²) in [7, 11) is 1.58. The van der Waals surface area contributed by atoms with Crippen LogP contribution >= 0.6 is 33.9 Å². The monoisotopic (exact) mass is 400 g/mol. The topological polar surface area (TPSA) is 50.7 Å². The molecule has 0 radical (unpaired) electrons. The number of rotatable bonds is 4. The normalized spacial score (nSPS) is 10.8. The molecule has 2 rings (SSSR count). The number of halogens is 1. The van der Waals surface area contributed by atoms with Gasteiger partial charge in [0.2, 0.25) is 0 Å². The van der Waals surface area contributed by atoms with Crippen LogP contribution in [-0.2, 0) is 0 Å². The standard InChI is InChI=1S/C14H13IN2O2S/c1-9-5-6-20-13(9)8-16-17-14(18)10-3-4-11(15)12(7-10)19-2/h3-8H,1-2H3,(H,17,18). The van der Waals surface area contributed by atoms with Crippen LogP contribution in [0.25, 0.3) is 0 Å². The van der Waals surface area contributed by atoms with Gasteiger partial charge < -0.3 is 4.74 Å². The number of ether oxygens (including phenoxy) is 1. The van der Waals surface area contributed by atoms with Crippen LogP contribution in [0.2, 0.25) is 0 Å². The first-order valence-corrected chi connectivity index (χ1v) is 7.78. The van der Waals surface area contributed by atoms with Crippen molar-refractivity contribution in [1.29, 1.82) is 0 Å². The zero-order chi connectivity index (χ0) is 14.5. The summed E-state index contributed by atoms with van der Waals surface area (Å²) in [5.74, 6) is 0.418. The van der Waals surface area contributed by atoms with Gasteiger partial charge in [0, 0.05) is 10.4 Å². The van der Waals surface area contributed by atoms with Crippen LogP contribution < -0.4 is 10.2 Å². The second-order valence-electron chi connectivity index (χ2n) is 4.02. The molecule has 1 amide bonds. The Morgan fingerprint density at radius 2 is 2.25 bits per heavy atom. The fourth-order valence-corrected chi connectivity index (χ4v) is 2.87. The lowest BCUT2D eigenvalue weighted by Gasteiger charge is -2.05. The summed E-state index contributed by atoms with van der Waals surface area (Å²) in [5.41, 5.74) is 4.17. The van der Waals surface area contributed by atoms with Crippen molar-refractivity contribution in [2.45, 2.75) is 6.92 Å². The highest BCUT2D eigenvalue weighted by Crippen LogP contribution is 2.21. The third-order valence-corrected chi connectivity index (χ3v) is 4.51. The van der Waals surface area contributed by atoms with E-state index in [1.165, 1.54) is 0 Å². The van der Waals surface area contributed by atoms with Gasteiger partial charge in [-0.25, -0.2) is 5.43 Å². The second-order valence-corrected chi connectivity index (χ2v) is 6.13. The number of carbonyl (C=O) groups is 1. The Bertz CT molecular complexity index is 652. The number of methoxy groups -OCH3 is 1. The minimum absolute atomic E-state index is 0.259. The second kappa shape index (κ2) is 6.85. The fraction of sp³-hybridized carbons (Fsp3) is 0.143. The van der Waals surface area contributed by atoms with E-state index < -0.39 is 0 Å². The largest absolute Gasteiger partial charge is 0.496 e. The van der Waals surface area contributed by atoms with Crippen LogP contribution in [0.3, 0.4) is 0 Å². The number of carbonyl (C=O) groups excluding carboxylic acids is 1. The molecule has 6 heteroatoms. The van der Waals surface area contributed by atoms with Crippen LogP contribution in [0.5, 0.6) is 5.75 Å². The van der Waals surface area contributed by atoms with Crippen molar-refractivity contribution in [2.24, 2.45) is 5.10 Å². The zero-order valence-corrected chi connectivity index (χ0v) is 14.0. The van der Waals surface area contributed by atoms with Crippen molar-refractivity contribution in [3.05, 3.63) is 49.2 Å². The number of nitrogens with one attached hydrogen (secondary N) is 1. The predicted molar refractivity (Wildman–Crippen MR) is 89.8 cm³/mol. The van der Waals surface area contributed by atoms with Crippen LogP contribution in [0.1, 0.15) is 20.8 Å². The van der Waals surface area contributed by atoms with E-state index >= 15 is 0 Å². The SMILES string of the molecule is COc1cc(C(=O)NN=Cc2sccc2C)ccc1I. The Balaban J connectivity index is 2.05. The third-order valence-electron chi connectivity index (χ3n) is 2.66. The summed E-state index contributed by atoms with van der Waals surface area (Å²) in [5, 5.41) is 5.96. The van der Waals surface area contributed by atoms with Crippen LogP contribution in [0, 0.1) is 10.5 Å². The maximum atomic E-state index is 12.0. The first-order chi connectivity index (χ1) is 9.61. The summed E-state index contributed by atoms with van der Waals surface area (Å²) < 4.78 is 6.15. The average molecular weight is 400 g/mol. The van der Waals surface area contributed by atoms with E-state index in [-0.39, 0.29) is 5.91 Å². The summed E-state index contributed by atoms with van der Waals surface area (Å²) in [6.45, 7) is 2.00. The first kappa shape index (κ1) is 15.0. The van der Waals surface area contributed by atoms with E-state index in [9.17, 15) is 4.79 Å². The van der Waals surface area contributed by atoms with Gasteiger partial charge >= 0.3 is 0 Å². The Hall–Kier alpha value is -1.41. The van der Waals surface area contributed by atoms with Gasteiger partial charge in [-0.05, 0) is 64.7 Å². The summed E-state index contributed by atoms with van der Waals surface area (Å²) in [4.78, 5) is 13.0. The number of thiophene rings is 1. The van der Waals surface area contributed by atoms with Gasteiger partial charge in [0.15, 0.2) is 0 Å². The highest BCUT2D eigenvalue weighted by molar-refractivity contribution is 14.1. The molecule has 0 atom stereocenters. The van der Waals surface area contributed by atoms with Crippen LogP contribution in [0.15, 0.2) is 34.7 Å². The highest BCUT2D eigenvalue weighted by Gasteiger charge is 2.08. The molecule has 0 spiro atoms. The molecule has 0 unspecified atom stereocenters. The van der Waals surface area contributed by atoms with Crippen molar-refractivity contribution < 1.29 is 9.53 Å². The molecule has 0 bridgehead atoms. The molecule has 0 aliphatic rings. The minimum atomic E-state index is -0.259. The van der Waals surface area contributed by atoms with E-state index in [0.29, 0.717) is 11.3 Å². The fourth-order valence-electron chi connectivity index (χ4n) is 1.53. The predicted octanol–water partition coefficient (Wildman–Crippen LogP) is 3.43. The van der Waals surface area contributed by atoms with Crippen LogP contribution in [0.4, 0.5) is 0 Å². The molecular formula is C14H13IN2O2S. The van der Waals surface area contributed by atoms with Gasteiger partial charge in [-0.3, -0.25) is 4.79 Å². The molecular weight excluding hydrogens is 387 g/mol. The number of aryl methyl sites for hydroxylation is 1. The summed E-state index contributed by atoms with van der Waals surface area (Å²) >= 11 is 3.74. The smallest absolute Gasteiger partial charge is 0.271 e. The van der Waals surface area contributed by atoms with Crippen molar-refractivity contribution >= 4 is 46.0 Å². The van der Waals surface area contributed by atoms with Crippen molar-refractivity contribution in [2.75, 3.05) is 7.11 Å². The number of hydrazone groups is 1. The lowest BCUT2D eigenvalue weighted by molar-refractivity contribution is 0.0955. The molecule has 4 nitrogen and oxygen atoms in total. The molecule has 1 aromatic heterocycles. The molecule has 104 valence electrons. The molecule has 0 aliphatic carbocycles. The molecule has 0 saturated carbocycles. The number of hydrogen-bond donors (Lipinski definition) is 1. The van der Waals surface area contributed by atoms with Gasteiger partial charge in [-0.2, -0.15) is 5.10 Å². The average Bonchev–Trinajstić information content (AvgIpc) is 2.85. The molecule has 0 saturated heterocycles. The molecule has 0 aliphatic heterocycles. The maximum absolute atomic E-state index is 12.0. The third kappa shape index (κ3) is 3.57. The molecule has 1 heterocycles. The molecule has 1 aromatic carbocycles. The zero-order valence-electron chi connectivity index (χ0n) is 11.0. The number of benzene rings is 1. The number of nitrogens with zero attached hydrogens (tertiary/aromatic N) is 1. The van der Waals surface area contributed by atoms with E-state index in [4.69, 9.17) is 4.74 Å². The summed E-state index contributed by atoms with van der Waals surface area (Å²) in [6.07, 6.45) is 1.65. The van der Waals surface area contributed by atoms with Crippen molar-refractivity contribution in [1.82, 2.24) is 5.43 Å². The Labute approximate surface area is 135 Å².